The topological polar surface area (TPSA) is 59.8 Å². The Morgan fingerprint density at radius 3 is 3.13 bits per heavy atom. The van der Waals surface area contributed by atoms with Crippen molar-refractivity contribution in [2.24, 2.45) is 7.05 Å². The first-order chi connectivity index (χ1) is 7.25. The van der Waals surface area contributed by atoms with Gasteiger partial charge in [-0.25, -0.2) is 0 Å². The van der Waals surface area contributed by atoms with Crippen LogP contribution >= 0.6 is 11.3 Å². The second-order valence-corrected chi connectivity index (χ2v) is 4.07. The molecule has 0 saturated carbocycles. The van der Waals surface area contributed by atoms with Gasteiger partial charge >= 0.3 is 0 Å². The Hall–Kier alpha value is -1.69. The third-order valence-corrected chi connectivity index (χ3v) is 2.71. The van der Waals surface area contributed by atoms with Gasteiger partial charge in [-0.15, -0.1) is 16.4 Å². The van der Waals surface area contributed by atoms with Crippen LogP contribution in [-0.4, -0.2) is 20.9 Å². The highest BCUT2D eigenvalue weighted by molar-refractivity contribution is 7.09. The molecule has 0 unspecified atom stereocenters. The van der Waals surface area contributed by atoms with Crippen LogP contribution in [0.3, 0.4) is 0 Å². The maximum Gasteiger partial charge on any atom is 0.273 e. The van der Waals surface area contributed by atoms with Crippen LogP contribution in [0.4, 0.5) is 0 Å². The van der Waals surface area contributed by atoms with Gasteiger partial charge in [-0.1, -0.05) is 11.3 Å². The highest BCUT2D eigenvalue weighted by atomic mass is 32.1. The number of aromatic nitrogens is 3. The van der Waals surface area contributed by atoms with Gasteiger partial charge < -0.3 is 5.32 Å². The highest BCUT2D eigenvalue weighted by Gasteiger charge is 2.08. The molecule has 2 heterocycles. The zero-order valence-electron chi connectivity index (χ0n) is 8.17. The number of nitrogens with zero attached hydrogens (tertiary/aromatic N) is 3. The summed E-state index contributed by atoms with van der Waals surface area (Å²) in [5.41, 5.74) is 0.342. The fraction of sp³-hybridized carbons (Fsp3) is 0.222. The van der Waals surface area contributed by atoms with E-state index in [0.717, 1.165) is 4.88 Å². The van der Waals surface area contributed by atoms with Crippen LogP contribution in [0.1, 0.15) is 15.4 Å². The van der Waals surface area contributed by atoms with Gasteiger partial charge in [-0.3, -0.25) is 9.48 Å². The quantitative estimate of drug-likeness (QED) is 0.836. The summed E-state index contributed by atoms with van der Waals surface area (Å²) < 4.78 is 1.50. The maximum absolute atomic E-state index is 11.5. The Bertz CT molecular complexity index is 448. The zero-order chi connectivity index (χ0) is 10.7. The van der Waals surface area contributed by atoms with Crippen molar-refractivity contribution in [3.05, 3.63) is 34.3 Å². The zero-order valence-corrected chi connectivity index (χ0v) is 8.99. The molecule has 1 amide bonds. The summed E-state index contributed by atoms with van der Waals surface area (Å²) in [5, 5.41) is 12.2. The number of hydrogen-bond acceptors (Lipinski definition) is 4. The Morgan fingerprint density at radius 1 is 1.67 bits per heavy atom. The Morgan fingerprint density at radius 2 is 2.53 bits per heavy atom. The summed E-state index contributed by atoms with van der Waals surface area (Å²) in [4.78, 5) is 12.6. The fourth-order valence-electron chi connectivity index (χ4n) is 1.12. The van der Waals surface area contributed by atoms with Crippen molar-refractivity contribution < 1.29 is 4.79 Å². The van der Waals surface area contributed by atoms with Crippen molar-refractivity contribution in [3.63, 3.8) is 0 Å². The average Bonchev–Trinajstić information content (AvgIpc) is 2.84. The molecule has 2 aromatic heterocycles. The Balaban J connectivity index is 1.93. The van der Waals surface area contributed by atoms with Gasteiger partial charge in [0.25, 0.3) is 5.91 Å². The van der Waals surface area contributed by atoms with E-state index in [1.165, 1.54) is 4.68 Å². The molecule has 2 aromatic rings. The Kier molecular flexibility index (Phi) is 2.77. The van der Waals surface area contributed by atoms with E-state index in [-0.39, 0.29) is 5.91 Å². The minimum absolute atomic E-state index is 0.198. The maximum atomic E-state index is 11.5. The summed E-state index contributed by atoms with van der Waals surface area (Å²) in [5.74, 6) is -0.198. The summed E-state index contributed by atoms with van der Waals surface area (Å²) in [6.45, 7) is 0.535. The summed E-state index contributed by atoms with van der Waals surface area (Å²) in [7, 11) is 1.73. The van der Waals surface area contributed by atoms with Crippen molar-refractivity contribution in [1.82, 2.24) is 20.3 Å². The minimum Gasteiger partial charge on any atom is -0.346 e. The van der Waals surface area contributed by atoms with Crippen molar-refractivity contribution in [2.75, 3.05) is 0 Å². The molecule has 0 radical (unpaired) electrons. The first-order valence-electron chi connectivity index (χ1n) is 4.42. The second kappa shape index (κ2) is 4.22. The van der Waals surface area contributed by atoms with Crippen molar-refractivity contribution in [3.8, 4) is 0 Å². The summed E-state index contributed by atoms with van der Waals surface area (Å²) in [6, 6.07) is 3.93. The molecule has 15 heavy (non-hydrogen) atoms. The molecule has 1 N–H and O–H groups in total. The van der Waals surface area contributed by atoms with E-state index >= 15 is 0 Å². The normalized spacial score (nSPS) is 10.2. The van der Waals surface area contributed by atoms with Gasteiger partial charge in [0.05, 0.1) is 12.7 Å². The molecule has 0 bridgehead atoms. The minimum atomic E-state index is -0.198. The molecule has 0 spiro atoms. The lowest BCUT2D eigenvalue weighted by molar-refractivity contribution is 0.0946. The molecular formula is C9H10N4OS. The van der Waals surface area contributed by atoms with Crippen LogP contribution in [0.2, 0.25) is 0 Å². The smallest absolute Gasteiger partial charge is 0.273 e. The second-order valence-electron chi connectivity index (χ2n) is 3.04. The molecule has 5 nitrogen and oxygen atoms in total. The number of hydrogen-bond donors (Lipinski definition) is 1. The highest BCUT2D eigenvalue weighted by Crippen LogP contribution is 2.07. The van der Waals surface area contributed by atoms with Crippen LogP contribution in [0.15, 0.2) is 23.7 Å². The van der Waals surface area contributed by atoms with E-state index in [1.54, 1.807) is 24.6 Å². The number of nitrogens with one attached hydrogen (secondary N) is 1. The lowest BCUT2D eigenvalue weighted by Gasteiger charge is -1.99. The number of amides is 1. The van der Waals surface area contributed by atoms with Crippen LogP contribution in [-0.2, 0) is 13.6 Å². The van der Waals surface area contributed by atoms with Crippen molar-refractivity contribution in [2.45, 2.75) is 6.54 Å². The van der Waals surface area contributed by atoms with Gasteiger partial charge in [-0.05, 0) is 11.4 Å². The molecule has 6 heteroatoms. The van der Waals surface area contributed by atoms with Crippen LogP contribution in [0.25, 0.3) is 0 Å². The SMILES string of the molecule is Cn1cc(C(=O)NCc2cccs2)nn1. The van der Waals surface area contributed by atoms with Gasteiger partial charge in [0.15, 0.2) is 5.69 Å². The predicted molar refractivity (Wildman–Crippen MR) is 56.5 cm³/mol. The van der Waals surface area contributed by atoms with Crippen molar-refractivity contribution in [1.29, 1.82) is 0 Å². The van der Waals surface area contributed by atoms with Gasteiger partial charge in [0, 0.05) is 11.9 Å². The summed E-state index contributed by atoms with van der Waals surface area (Å²) in [6.07, 6.45) is 1.59. The molecule has 0 aliphatic rings. The van der Waals surface area contributed by atoms with E-state index in [4.69, 9.17) is 0 Å². The molecule has 0 fully saturated rings. The standard InChI is InChI=1S/C9H10N4OS/c1-13-6-8(11-12-13)9(14)10-5-7-3-2-4-15-7/h2-4,6H,5H2,1H3,(H,10,14). The molecule has 0 aliphatic carbocycles. The van der Waals surface area contributed by atoms with Gasteiger partial charge in [0.2, 0.25) is 0 Å². The van der Waals surface area contributed by atoms with Crippen LogP contribution < -0.4 is 5.32 Å². The number of carbonyl (C=O) groups is 1. The molecule has 0 aromatic carbocycles. The monoisotopic (exact) mass is 222 g/mol. The molecule has 0 atom stereocenters. The first-order valence-corrected chi connectivity index (χ1v) is 5.30. The predicted octanol–water partition coefficient (Wildman–Crippen LogP) is 0.807. The van der Waals surface area contributed by atoms with Gasteiger partial charge in [0.1, 0.15) is 0 Å². The van der Waals surface area contributed by atoms with Crippen molar-refractivity contribution >= 4 is 17.2 Å². The lowest BCUT2D eigenvalue weighted by atomic mass is 10.4. The van der Waals surface area contributed by atoms with Gasteiger partial charge in [-0.2, -0.15) is 0 Å². The van der Waals surface area contributed by atoms with E-state index in [2.05, 4.69) is 15.6 Å². The molecular weight excluding hydrogens is 212 g/mol. The first kappa shape index (κ1) is 9.85. The van der Waals surface area contributed by atoms with E-state index in [0.29, 0.717) is 12.2 Å². The van der Waals surface area contributed by atoms with E-state index < -0.39 is 0 Å². The van der Waals surface area contributed by atoms with E-state index in [1.807, 2.05) is 17.5 Å². The van der Waals surface area contributed by atoms with Crippen LogP contribution in [0.5, 0.6) is 0 Å². The van der Waals surface area contributed by atoms with Crippen LogP contribution in [0, 0.1) is 0 Å². The lowest BCUT2D eigenvalue weighted by Crippen LogP contribution is -2.22. The summed E-state index contributed by atoms with van der Waals surface area (Å²) >= 11 is 1.61. The number of thiophene rings is 1. The average molecular weight is 222 g/mol. The Labute approximate surface area is 90.7 Å². The number of rotatable bonds is 3. The fourth-order valence-corrected chi connectivity index (χ4v) is 1.77. The molecule has 0 aliphatic heterocycles. The third-order valence-electron chi connectivity index (χ3n) is 1.84. The largest absolute Gasteiger partial charge is 0.346 e. The molecule has 78 valence electrons. The molecule has 2 rings (SSSR count). The third kappa shape index (κ3) is 2.41. The van der Waals surface area contributed by atoms with E-state index in [9.17, 15) is 4.79 Å². The number of aryl methyl sites for hydroxylation is 1. The number of carbonyl (C=O) groups excluding carboxylic acids is 1. The molecule has 0 saturated heterocycles.